The maximum Gasteiger partial charge on any atom is 0.416 e. The van der Waals surface area contributed by atoms with Crippen LogP contribution in [0.5, 0.6) is 0 Å². The first-order chi connectivity index (χ1) is 11.8. The molecule has 10 heteroatoms. The Labute approximate surface area is 140 Å². The predicted molar refractivity (Wildman–Crippen MR) is 77.8 cm³/mol. The Kier molecular flexibility index (Phi) is 4.69. The van der Waals surface area contributed by atoms with Crippen molar-refractivity contribution in [2.75, 3.05) is 0 Å². The van der Waals surface area contributed by atoms with Crippen LogP contribution in [0.4, 0.5) is 17.6 Å². The zero-order valence-corrected chi connectivity index (χ0v) is 13.0. The van der Waals surface area contributed by atoms with Gasteiger partial charge in [-0.15, -0.1) is 10.2 Å². The number of nitrogens with one attached hydrogen (secondary N) is 2. The Hall–Kier alpha value is -2.52. The molecular weight excluding hydrogens is 342 g/mol. The van der Waals surface area contributed by atoms with E-state index in [-0.39, 0.29) is 23.9 Å². The Morgan fingerprint density at radius 2 is 2.08 bits per heavy atom. The molecule has 6 nitrogen and oxygen atoms in total. The lowest BCUT2D eigenvalue weighted by atomic mass is 10.0. The highest BCUT2D eigenvalue weighted by molar-refractivity contribution is 5.79. The molecule has 25 heavy (non-hydrogen) atoms. The molecule has 1 heterocycles. The number of H-pyrrole nitrogens is 1. The molecular formula is C15H15F4N5O. The van der Waals surface area contributed by atoms with E-state index in [4.69, 9.17) is 0 Å². The first-order valence-electron chi connectivity index (χ1n) is 7.72. The van der Waals surface area contributed by atoms with Gasteiger partial charge in [-0.3, -0.25) is 4.79 Å². The average molecular weight is 357 g/mol. The summed E-state index contributed by atoms with van der Waals surface area (Å²) in [6, 6.07) is 1.90. The van der Waals surface area contributed by atoms with E-state index in [1.165, 1.54) is 0 Å². The minimum atomic E-state index is -4.66. The first-order valence-corrected chi connectivity index (χ1v) is 7.72. The number of aromatic amines is 1. The average Bonchev–Trinajstić information content (AvgIpc) is 3.16. The summed E-state index contributed by atoms with van der Waals surface area (Å²) >= 11 is 0. The van der Waals surface area contributed by atoms with Crippen molar-refractivity contribution in [3.63, 3.8) is 0 Å². The maximum atomic E-state index is 13.4. The van der Waals surface area contributed by atoms with Gasteiger partial charge >= 0.3 is 6.18 Å². The molecule has 1 aromatic carbocycles. The maximum absolute atomic E-state index is 13.4. The topological polar surface area (TPSA) is 83.6 Å². The number of hydrogen-bond donors (Lipinski definition) is 2. The summed E-state index contributed by atoms with van der Waals surface area (Å²) in [4.78, 5) is 12.2. The minimum Gasteiger partial charge on any atom is -0.352 e. The van der Waals surface area contributed by atoms with Gasteiger partial charge in [0.05, 0.1) is 12.0 Å². The van der Waals surface area contributed by atoms with Crippen molar-refractivity contribution < 1.29 is 22.4 Å². The summed E-state index contributed by atoms with van der Waals surface area (Å²) in [7, 11) is 0. The van der Waals surface area contributed by atoms with Crippen molar-refractivity contribution in [3.8, 4) is 0 Å². The molecule has 1 aromatic heterocycles. The predicted octanol–water partition coefficient (Wildman–Crippen LogP) is 2.35. The fourth-order valence-electron chi connectivity index (χ4n) is 3.13. The lowest BCUT2D eigenvalue weighted by Crippen LogP contribution is -2.37. The second kappa shape index (κ2) is 6.77. The molecule has 0 saturated heterocycles. The third kappa shape index (κ3) is 4.12. The number of alkyl halides is 3. The molecule has 2 atom stereocenters. The lowest BCUT2D eigenvalue weighted by Gasteiger charge is -2.18. The monoisotopic (exact) mass is 357 g/mol. The smallest absolute Gasteiger partial charge is 0.352 e. The summed E-state index contributed by atoms with van der Waals surface area (Å²) in [6.07, 6.45) is -2.65. The van der Waals surface area contributed by atoms with E-state index < -0.39 is 23.5 Å². The zero-order valence-electron chi connectivity index (χ0n) is 13.0. The summed E-state index contributed by atoms with van der Waals surface area (Å²) in [5, 5.41) is 16.5. The van der Waals surface area contributed by atoms with Gasteiger partial charge in [-0.2, -0.15) is 18.4 Å². The van der Waals surface area contributed by atoms with Gasteiger partial charge in [0.25, 0.3) is 0 Å². The number of tetrazole rings is 1. The molecule has 0 spiro atoms. The number of carbonyl (C=O) groups is 1. The van der Waals surface area contributed by atoms with Crippen molar-refractivity contribution in [1.82, 2.24) is 25.9 Å². The molecule has 0 aliphatic heterocycles. The number of hydrogen-bond acceptors (Lipinski definition) is 4. The molecule has 0 bridgehead atoms. The second-order valence-corrected chi connectivity index (χ2v) is 6.00. The molecule has 1 amide bonds. The summed E-state index contributed by atoms with van der Waals surface area (Å²) in [5.41, 5.74) is -1.14. The molecule has 1 saturated carbocycles. The Bertz CT molecular complexity index is 747. The number of halogens is 4. The van der Waals surface area contributed by atoms with Gasteiger partial charge in [-0.05, 0) is 36.6 Å². The van der Waals surface area contributed by atoms with Gasteiger partial charge in [0.1, 0.15) is 5.82 Å². The minimum absolute atomic E-state index is 0.0288. The van der Waals surface area contributed by atoms with Crippen molar-refractivity contribution in [3.05, 3.63) is 41.0 Å². The van der Waals surface area contributed by atoms with Gasteiger partial charge in [0.15, 0.2) is 5.82 Å². The van der Waals surface area contributed by atoms with E-state index in [0.29, 0.717) is 18.3 Å². The van der Waals surface area contributed by atoms with Crippen LogP contribution in [0.15, 0.2) is 18.2 Å². The van der Waals surface area contributed by atoms with E-state index in [0.717, 1.165) is 25.0 Å². The van der Waals surface area contributed by atoms with Crippen LogP contribution < -0.4 is 5.32 Å². The van der Waals surface area contributed by atoms with Crippen LogP contribution in [0.25, 0.3) is 0 Å². The SMILES string of the molecule is O=C(Cc1cc(F)cc(C(F)(F)F)c1)NC1CCCC1c1nn[nH]n1. The molecule has 1 aliphatic carbocycles. The first kappa shape index (κ1) is 17.3. The number of nitrogens with zero attached hydrogens (tertiary/aromatic N) is 3. The van der Waals surface area contributed by atoms with Gasteiger partial charge in [-0.1, -0.05) is 11.6 Å². The molecule has 3 rings (SSSR count). The highest BCUT2D eigenvalue weighted by atomic mass is 19.4. The Morgan fingerprint density at radius 1 is 1.28 bits per heavy atom. The summed E-state index contributed by atoms with van der Waals surface area (Å²) < 4.78 is 51.6. The molecule has 1 aliphatic rings. The summed E-state index contributed by atoms with van der Waals surface area (Å²) in [6.45, 7) is 0. The lowest BCUT2D eigenvalue weighted by molar-refractivity contribution is -0.138. The van der Waals surface area contributed by atoms with E-state index in [1.807, 2.05) is 0 Å². The van der Waals surface area contributed by atoms with E-state index in [2.05, 4.69) is 25.9 Å². The van der Waals surface area contributed by atoms with Crippen LogP contribution in [0.3, 0.4) is 0 Å². The third-order valence-electron chi connectivity index (χ3n) is 4.21. The van der Waals surface area contributed by atoms with Crippen molar-refractivity contribution >= 4 is 5.91 Å². The number of benzene rings is 1. The van der Waals surface area contributed by atoms with Crippen LogP contribution in [0.1, 0.15) is 42.1 Å². The van der Waals surface area contributed by atoms with Crippen LogP contribution >= 0.6 is 0 Å². The summed E-state index contributed by atoms with van der Waals surface area (Å²) in [5.74, 6) is -1.10. The van der Waals surface area contributed by atoms with Crippen LogP contribution in [-0.2, 0) is 17.4 Å². The van der Waals surface area contributed by atoms with E-state index in [1.54, 1.807) is 0 Å². The van der Waals surface area contributed by atoms with Gasteiger partial charge < -0.3 is 5.32 Å². The van der Waals surface area contributed by atoms with E-state index >= 15 is 0 Å². The molecule has 2 unspecified atom stereocenters. The quantitative estimate of drug-likeness (QED) is 0.823. The van der Waals surface area contributed by atoms with Crippen LogP contribution in [0, 0.1) is 5.82 Å². The normalized spacial score (nSPS) is 20.6. The zero-order chi connectivity index (χ0) is 18.0. The van der Waals surface area contributed by atoms with Crippen molar-refractivity contribution in [2.45, 2.75) is 43.8 Å². The number of carbonyl (C=O) groups excluding carboxylic acids is 1. The largest absolute Gasteiger partial charge is 0.416 e. The number of rotatable bonds is 4. The Balaban J connectivity index is 1.68. The number of aromatic nitrogens is 4. The number of amides is 1. The highest BCUT2D eigenvalue weighted by Crippen LogP contribution is 2.33. The molecule has 134 valence electrons. The molecule has 1 fully saturated rings. The van der Waals surface area contributed by atoms with Crippen LogP contribution in [-0.4, -0.2) is 32.6 Å². The van der Waals surface area contributed by atoms with Crippen molar-refractivity contribution in [2.24, 2.45) is 0 Å². The molecule has 0 radical (unpaired) electrons. The fourth-order valence-corrected chi connectivity index (χ4v) is 3.13. The fraction of sp³-hybridized carbons (Fsp3) is 0.467. The Morgan fingerprint density at radius 3 is 2.76 bits per heavy atom. The second-order valence-electron chi connectivity index (χ2n) is 6.00. The van der Waals surface area contributed by atoms with Crippen molar-refractivity contribution in [1.29, 1.82) is 0 Å². The van der Waals surface area contributed by atoms with Crippen LogP contribution in [0.2, 0.25) is 0 Å². The van der Waals surface area contributed by atoms with E-state index in [9.17, 15) is 22.4 Å². The standard InChI is InChI=1S/C15H15F4N5O/c16-10-5-8(4-9(7-10)15(17,18)19)6-13(25)20-12-3-1-2-11(12)14-21-23-24-22-14/h4-5,7,11-12H,1-3,6H2,(H,20,25)(H,21,22,23,24). The van der Waals surface area contributed by atoms with Gasteiger partial charge in [0, 0.05) is 12.0 Å². The third-order valence-corrected chi connectivity index (χ3v) is 4.21. The van der Waals surface area contributed by atoms with Gasteiger partial charge in [-0.25, -0.2) is 4.39 Å². The highest BCUT2D eigenvalue weighted by Gasteiger charge is 2.33. The molecule has 2 aromatic rings. The van der Waals surface area contributed by atoms with Gasteiger partial charge in [0.2, 0.25) is 5.91 Å². The molecule has 2 N–H and O–H groups in total.